The third kappa shape index (κ3) is 2.50. The van der Waals surface area contributed by atoms with Crippen LogP contribution in [0.3, 0.4) is 0 Å². The molecule has 8 heteroatoms. The fraction of sp³-hybridized carbons (Fsp3) is 1.00. The first-order valence-electron chi connectivity index (χ1n) is 3.89. The van der Waals surface area contributed by atoms with Crippen molar-refractivity contribution in [2.75, 3.05) is 14.1 Å². The van der Waals surface area contributed by atoms with Crippen LogP contribution in [0.4, 0.5) is 0 Å². The lowest BCUT2D eigenvalue weighted by Gasteiger charge is -2.30. The Morgan fingerprint density at radius 1 is 0.909 bits per heavy atom. The predicted molar refractivity (Wildman–Crippen MR) is 50.7 cm³/mol. The van der Waals surface area contributed by atoms with Gasteiger partial charge in [-0.3, -0.25) is 0 Å². The van der Waals surface area contributed by atoms with Crippen LogP contribution in [-0.4, -0.2) is 35.3 Å². The minimum atomic E-state index is 0.170. The van der Waals surface area contributed by atoms with E-state index in [0.717, 1.165) is 0 Å². The Hall–Kier alpha value is -0.00519. The third-order valence-electron chi connectivity index (χ3n) is 1.74. The zero-order chi connectivity index (χ0) is 8.27. The second kappa shape index (κ2) is 4.13. The van der Waals surface area contributed by atoms with Crippen LogP contribution in [0.15, 0.2) is 0 Å². The minimum absolute atomic E-state index is 0.170. The molecule has 1 fully saturated rings. The molecule has 5 N–H and O–H groups in total. The van der Waals surface area contributed by atoms with Crippen LogP contribution >= 0.6 is 0 Å². The number of rotatable bonds is 2. The van der Waals surface area contributed by atoms with Crippen molar-refractivity contribution in [1.29, 1.82) is 0 Å². The Morgan fingerprint density at radius 3 is 1.73 bits per heavy atom. The van der Waals surface area contributed by atoms with Gasteiger partial charge in [0.2, 0.25) is 0 Å². The maximum absolute atomic E-state index is 3.26. The zero-order valence-corrected chi connectivity index (χ0v) is 7.23. The summed E-state index contributed by atoms with van der Waals surface area (Å²) in [5.41, 5.74) is 0. The van der Waals surface area contributed by atoms with Crippen molar-refractivity contribution in [1.82, 2.24) is 25.9 Å². The molecule has 5 nitrogen and oxygen atoms in total. The highest BCUT2D eigenvalue weighted by Gasteiger charge is 2.31. The van der Waals surface area contributed by atoms with Gasteiger partial charge in [0.15, 0.2) is 0 Å². The second-order valence-corrected chi connectivity index (χ2v) is 2.67. The summed E-state index contributed by atoms with van der Waals surface area (Å²) in [7, 11) is 4.16. The standard InChI is InChI=1S/C3H14B3N5/c1-4-9-5(7-2)11-6(8-3)10-4/h7-11H,1-3H3. The van der Waals surface area contributed by atoms with Crippen molar-refractivity contribution < 1.29 is 0 Å². The molecular formula is C3H14B3N5. The normalized spacial score (nSPS) is 19.4. The summed E-state index contributed by atoms with van der Waals surface area (Å²) >= 11 is 0. The largest absolute Gasteiger partial charge is 0.375 e. The lowest BCUT2D eigenvalue weighted by atomic mass is 9.59. The van der Waals surface area contributed by atoms with Gasteiger partial charge in [-0.1, -0.05) is 6.82 Å². The Balaban J connectivity index is 2.37. The molecule has 1 rings (SSSR count). The van der Waals surface area contributed by atoms with Crippen molar-refractivity contribution in [2.24, 2.45) is 0 Å². The minimum Gasteiger partial charge on any atom is -0.357 e. The van der Waals surface area contributed by atoms with Gasteiger partial charge in [-0.2, -0.15) is 0 Å². The van der Waals surface area contributed by atoms with E-state index in [4.69, 9.17) is 0 Å². The highest BCUT2D eigenvalue weighted by molar-refractivity contribution is 6.85. The van der Waals surface area contributed by atoms with E-state index in [1.807, 2.05) is 14.1 Å². The number of nitrogens with one attached hydrogen (secondary N) is 5. The van der Waals surface area contributed by atoms with E-state index in [9.17, 15) is 0 Å². The Bertz CT molecular complexity index is 112. The van der Waals surface area contributed by atoms with Crippen LogP contribution in [0, 0.1) is 0 Å². The molecule has 0 amide bonds. The van der Waals surface area contributed by atoms with Gasteiger partial charge in [-0.05, 0) is 14.1 Å². The Morgan fingerprint density at radius 2 is 1.36 bits per heavy atom. The zero-order valence-electron chi connectivity index (χ0n) is 7.23. The molecule has 0 atom stereocenters. The monoisotopic (exact) mass is 153 g/mol. The summed E-state index contributed by atoms with van der Waals surface area (Å²) in [5, 5.41) is 15.9. The molecule has 0 aromatic heterocycles. The van der Waals surface area contributed by atoms with Crippen LogP contribution in [0.2, 0.25) is 6.82 Å². The van der Waals surface area contributed by atoms with Gasteiger partial charge in [0.05, 0.1) is 0 Å². The van der Waals surface area contributed by atoms with Gasteiger partial charge < -0.3 is 25.9 Å². The van der Waals surface area contributed by atoms with Gasteiger partial charge in [0.1, 0.15) is 0 Å². The Kier molecular flexibility index (Phi) is 3.41. The van der Waals surface area contributed by atoms with Crippen LogP contribution in [0.1, 0.15) is 0 Å². The molecule has 1 aliphatic rings. The summed E-state index contributed by atoms with van der Waals surface area (Å²) in [6, 6.07) is 0. The molecule has 0 aromatic carbocycles. The average molecular weight is 153 g/mol. The van der Waals surface area contributed by atoms with Gasteiger partial charge in [-0.25, -0.2) is 0 Å². The quantitative estimate of drug-likeness (QED) is 0.279. The van der Waals surface area contributed by atoms with E-state index in [-0.39, 0.29) is 14.2 Å². The molecule has 11 heavy (non-hydrogen) atoms. The van der Waals surface area contributed by atoms with Crippen LogP contribution in [0.25, 0.3) is 0 Å². The van der Waals surface area contributed by atoms with Crippen LogP contribution < -0.4 is 25.9 Å². The van der Waals surface area contributed by atoms with Crippen LogP contribution in [-0.2, 0) is 0 Å². The van der Waals surface area contributed by atoms with E-state index >= 15 is 0 Å². The fourth-order valence-electron chi connectivity index (χ4n) is 1.14. The SMILES string of the molecule is CNB1NB(C)NB(NC)N1. The molecule has 1 aliphatic heterocycles. The molecule has 0 bridgehead atoms. The summed E-state index contributed by atoms with van der Waals surface area (Å²) in [6.45, 7) is 2.39. The molecule has 0 saturated carbocycles. The maximum Gasteiger partial charge on any atom is 0.375 e. The molecular weight excluding hydrogens is 139 g/mol. The van der Waals surface area contributed by atoms with Gasteiger partial charge in [0.25, 0.3) is 6.98 Å². The number of hydrogen-bond donors (Lipinski definition) is 5. The molecule has 1 heterocycles. The van der Waals surface area contributed by atoms with E-state index in [2.05, 4.69) is 32.7 Å². The van der Waals surface area contributed by atoms with Crippen molar-refractivity contribution in [3.63, 3.8) is 0 Å². The average Bonchev–Trinajstić information content (AvgIpc) is 2.03. The Labute approximate surface area is 68.9 Å². The molecule has 0 unspecified atom stereocenters. The van der Waals surface area contributed by atoms with E-state index < -0.39 is 0 Å². The van der Waals surface area contributed by atoms with Gasteiger partial charge >= 0.3 is 14.2 Å². The first-order chi connectivity index (χ1) is 5.26. The highest BCUT2D eigenvalue weighted by Crippen LogP contribution is 1.79. The van der Waals surface area contributed by atoms with Crippen molar-refractivity contribution in [3.8, 4) is 0 Å². The van der Waals surface area contributed by atoms with Gasteiger partial charge in [-0.15, -0.1) is 0 Å². The first-order valence-corrected chi connectivity index (χ1v) is 3.89. The lowest BCUT2D eigenvalue weighted by Crippen LogP contribution is -2.80. The smallest absolute Gasteiger partial charge is 0.357 e. The highest BCUT2D eigenvalue weighted by atomic mass is 15.2. The third-order valence-corrected chi connectivity index (χ3v) is 1.74. The van der Waals surface area contributed by atoms with E-state index in [1.54, 1.807) is 0 Å². The molecule has 0 radical (unpaired) electrons. The summed E-state index contributed by atoms with van der Waals surface area (Å²) in [6.07, 6.45) is 0. The van der Waals surface area contributed by atoms with Crippen molar-refractivity contribution in [2.45, 2.75) is 6.82 Å². The first kappa shape index (κ1) is 9.09. The lowest BCUT2D eigenvalue weighted by molar-refractivity contribution is 0.995. The summed E-state index contributed by atoms with van der Waals surface area (Å²) < 4.78 is 0. The van der Waals surface area contributed by atoms with Crippen molar-refractivity contribution >= 4 is 21.2 Å². The topological polar surface area (TPSA) is 60.1 Å². The summed E-state index contributed by atoms with van der Waals surface area (Å²) in [4.78, 5) is 0. The molecule has 0 spiro atoms. The molecule has 0 aliphatic carbocycles. The second-order valence-electron chi connectivity index (χ2n) is 2.67. The summed E-state index contributed by atoms with van der Waals surface area (Å²) in [5.74, 6) is 0. The fourth-order valence-corrected chi connectivity index (χ4v) is 1.14. The number of hydrogen-bond acceptors (Lipinski definition) is 5. The van der Waals surface area contributed by atoms with E-state index in [1.165, 1.54) is 0 Å². The molecule has 0 aromatic rings. The van der Waals surface area contributed by atoms with Gasteiger partial charge in [0, 0.05) is 0 Å². The maximum atomic E-state index is 3.26. The van der Waals surface area contributed by atoms with Crippen molar-refractivity contribution in [3.05, 3.63) is 0 Å². The predicted octanol–water partition coefficient (Wildman–Crippen LogP) is -2.70. The molecule has 60 valence electrons. The van der Waals surface area contributed by atoms with Crippen LogP contribution in [0.5, 0.6) is 0 Å². The van der Waals surface area contributed by atoms with E-state index in [0.29, 0.717) is 6.98 Å². The molecule has 1 saturated heterocycles.